The van der Waals surface area contributed by atoms with Crippen LogP contribution in [0, 0.1) is 5.92 Å². The van der Waals surface area contributed by atoms with Crippen LogP contribution >= 0.6 is 28.3 Å². The maximum Gasteiger partial charge on any atom is 0.224 e. The molecule has 0 aliphatic rings. The molecule has 0 spiro atoms. The lowest BCUT2D eigenvalue weighted by Crippen LogP contribution is -2.37. The highest BCUT2D eigenvalue weighted by Gasteiger charge is 2.20. The smallest absolute Gasteiger partial charge is 0.224 e. The molecule has 1 aromatic carbocycles. The summed E-state index contributed by atoms with van der Waals surface area (Å²) in [5.74, 6) is 0.233. The maximum absolute atomic E-state index is 12.5. The summed E-state index contributed by atoms with van der Waals surface area (Å²) in [6.45, 7) is 6.23. The van der Waals surface area contributed by atoms with E-state index in [1.54, 1.807) is 11.9 Å². The zero-order valence-corrected chi connectivity index (χ0v) is 17.7. The number of carbonyl (C=O) groups excluding carboxylic acids is 2. The molecule has 0 heterocycles. The molecule has 1 rings (SSSR count). The molecule has 5 nitrogen and oxygen atoms in total. The monoisotopic (exact) mass is 433 g/mol. The summed E-state index contributed by atoms with van der Waals surface area (Å²) in [4.78, 5) is 25.6. The van der Waals surface area contributed by atoms with Crippen LogP contribution in [0.3, 0.4) is 0 Å². The number of amides is 2. The van der Waals surface area contributed by atoms with Crippen LogP contribution in [-0.4, -0.2) is 36.3 Å². The highest BCUT2D eigenvalue weighted by molar-refractivity contribution is 9.10. The molecule has 0 bridgehead atoms. The normalized spacial score (nSPS) is 12.9. The van der Waals surface area contributed by atoms with Crippen molar-refractivity contribution in [1.29, 1.82) is 0 Å². The molecule has 0 saturated carbocycles. The third-order valence-electron chi connectivity index (χ3n) is 4.11. The fourth-order valence-corrected chi connectivity index (χ4v) is 2.59. The molecule has 0 radical (unpaired) electrons. The Morgan fingerprint density at radius 3 is 2.28 bits per heavy atom. The number of benzene rings is 1. The van der Waals surface area contributed by atoms with Crippen LogP contribution in [0.5, 0.6) is 0 Å². The molecule has 0 aromatic heterocycles. The van der Waals surface area contributed by atoms with Crippen LogP contribution in [0.1, 0.15) is 45.2 Å². The lowest BCUT2D eigenvalue weighted by Gasteiger charge is -2.24. The quantitative estimate of drug-likeness (QED) is 0.659. The van der Waals surface area contributed by atoms with Crippen LogP contribution in [-0.2, 0) is 9.59 Å². The largest absolute Gasteiger partial charge is 0.349 e. The Morgan fingerprint density at radius 2 is 1.80 bits per heavy atom. The summed E-state index contributed by atoms with van der Waals surface area (Å²) in [5, 5.41) is 2.86. The minimum atomic E-state index is -0.329. The third kappa shape index (κ3) is 8.70. The molecule has 7 heteroatoms. The van der Waals surface area contributed by atoms with E-state index >= 15 is 0 Å². The molecule has 2 unspecified atom stereocenters. The van der Waals surface area contributed by atoms with Gasteiger partial charge in [0.25, 0.3) is 0 Å². The number of nitrogens with two attached hydrogens (primary N) is 1. The van der Waals surface area contributed by atoms with E-state index in [0.717, 1.165) is 16.5 Å². The van der Waals surface area contributed by atoms with E-state index in [2.05, 4.69) is 35.1 Å². The number of nitrogens with zero attached hydrogens (tertiary/aromatic N) is 1. The zero-order valence-electron chi connectivity index (χ0n) is 15.3. The first-order chi connectivity index (χ1) is 11.2. The summed E-state index contributed by atoms with van der Waals surface area (Å²) in [6, 6.07) is 7.38. The van der Waals surface area contributed by atoms with E-state index in [1.807, 2.05) is 24.3 Å². The van der Waals surface area contributed by atoms with Crippen molar-refractivity contribution in [3.63, 3.8) is 0 Å². The molecule has 25 heavy (non-hydrogen) atoms. The summed E-state index contributed by atoms with van der Waals surface area (Å²) in [7, 11) is 1.78. The highest BCUT2D eigenvalue weighted by atomic mass is 79.9. The molecule has 1 aromatic rings. The van der Waals surface area contributed by atoms with Crippen molar-refractivity contribution in [1.82, 2.24) is 10.2 Å². The van der Waals surface area contributed by atoms with Crippen LogP contribution < -0.4 is 11.1 Å². The van der Waals surface area contributed by atoms with Crippen molar-refractivity contribution in [2.75, 3.05) is 13.6 Å². The Balaban J connectivity index is 0.00000576. The van der Waals surface area contributed by atoms with Gasteiger partial charge in [0.15, 0.2) is 0 Å². The first kappa shape index (κ1) is 23.9. The van der Waals surface area contributed by atoms with Crippen molar-refractivity contribution in [2.45, 2.75) is 45.7 Å². The minimum absolute atomic E-state index is 0. The van der Waals surface area contributed by atoms with Crippen molar-refractivity contribution < 1.29 is 9.59 Å². The molecule has 3 N–H and O–H groups in total. The molecule has 0 aliphatic carbocycles. The summed E-state index contributed by atoms with van der Waals surface area (Å²) in [5.41, 5.74) is 6.95. The Labute approximate surface area is 165 Å². The average Bonchev–Trinajstić information content (AvgIpc) is 2.51. The lowest BCUT2D eigenvalue weighted by molar-refractivity contribution is -0.130. The van der Waals surface area contributed by atoms with Crippen LogP contribution in [0.4, 0.5) is 0 Å². The molecule has 2 atom stereocenters. The summed E-state index contributed by atoms with van der Waals surface area (Å²) < 4.78 is 0.957. The van der Waals surface area contributed by atoms with E-state index in [9.17, 15) is 9.59 Å². The summed E-state index contributed by atoms with van der Waals surface area (Å²) >= 11 is 3.39. The highest BCUT2D eigenvalue weighted by Crippen LogP contribution is 2.20. The van der Waals surface area contributed by atoms with Gasteiger partial charge in [-0.05, 0) is 30.0 Å². The third-order valence-corrected chi connectivity index (χ3v) is 4.64. The second-order valence-corrected chi connectivity index (χ2v) is 7.44. The van der Waals surface area contributed by atoms with Gasteiger partial charge in [0.2, 0.25) is 11.8 Å². The first-order valence-corrected chi connectivity index (χ1v) is 9.02. The minimum Gasteiger partial charge on any atom is -0.349 e. The van der Waals surface area contributed by atoms with Crippen molar-refractivity contribution in [3.8, 4) is 0 Å². The van der Waals surface area contributed by atoms with Crippen molar-refractivity contribution in [2.24, 2.45) is 11.7 Å². The second-order valence-electron chi connectivity index (χ2n) is 6.52. The molecule has 0 fully saturated rings. The van der Waals surface area contributed by atoms with Crippen molar-refractivity contribution >= 4 is 40.2 Å². The van der Waals surface area contributed by atoms with Gasteiger partial charge in [-0.15, -0.1) is 12.4 Å². The molecular weight excluding hydrogens is 406 g/mol. The topological polar surface area (TPSA) is 75.4 Å². The van der Waals surface area contributed by atoms with Gasteiger partial charge in [0, 0.05) is 31.0 Å². The van der Waals surface area contributed by atoms with E-state index < -0.39 is 0 Å². The Bertz CT molecular complexity index is 552. The van der Waals surface area contributed by atoms with Gasteiger partial charge < -0.3 is 16.0 Å². The Morgan fingerprint density at radius 1 is 1.24 bits per heavy atom. The van der Waals surface area contributed by atoms with E-state index in [0.29, 0.717) is 12.5 Å². The summed E-state index contributed by atoms with van der Waals surface area (Å²) in [6.07, 6.45) is 0.998. The van der Waals surface area contributed by atoms with E-state index in [-0.39, 0.29) is 42.7 Å². The molecular formula is C18H29BrClN3O2. The molecule has 0 saturated heterocycles. The fourth-order valence-electron chi connectivity index (χ4n) is 2.32. The van der Waals surface area contributed by atoms with Crippen LogP contribution in [0.15, 0.2) is 28.7 Å². The molecule has 142 valence electrons. The standard InChI is InChI=1S/C18H28BrN3O2.ClH/c1-12(2)16(20)9-10-22(4)18(24)11-17(21-13(3)23)14-5-7-15(19)8-6-14;/h5-8,12,16-17H,9-11,20H2,1-4H3,(H,21,23);1H. The number of hydrogen-bond acceptors (Lipinski definition) is 3. The number of hydrogen-bond donors (Lipinski definition) is 2. The zero-order chi connectivity index (χ0) is 18.3. The number of rotatable bonds is 8. The van der Waals surface area contributed by atoms with Crippen LogP contribution in [0.2, 0.25) is 0 Å². The van der Waals surface area contributed by atoms with E-state index in [4.69, 9.17) is 5.73 Å². The maximum atomic E-state index is 12.5. The Hall–Kier alpha value is -1.11. The molecule has 0 aliphatic heterocycles. The number of carbonyl (C=O) groups is 2. The Kier molecular flexibility index (Phi) is 11.0. The van der Waals surface area contributed by atoms with Gasteiger partial charge >= 0.3 is 0 Å². The van der Waals surface area contributed by atoms with E-state index in [1.165, 1.54) is 6.92 Å². The van der Waals surface area contributed by atoms with Gasteiger partial charge in [0.05, 0.1) is 12.5 Å². The van der Waals surface area contributed by atoms with Gasteiger partial charge in [0.1, 0.15) is 0 Å². The predicted octanol–water partition coefficient (Wildman–Crippen LogP) is 3.27. The SMILES string of the molecule is CC(=O)NC(CC(=O)N(C)CCC(N)C(C)C)c1ccc(Br)cc1.Cl. The van der Waals surface area contributed by atoms with Crippen LogP contribution in [0.25, 0.3) is 0 Å². The van der Waals surface area contributed by atoms with Crippen molar-refractivity contribution in [3.05, 3.63) is 34.3 Å². The lowest BCUT2D eigenvalue weighted by atomic mass is 10.0. The van der Waals surface area contributed by atoms with Gasteiger partial charge in [-0.25, -0.2) is 0 Å². The van der Waals surface area contributed by atoms with Gasteiger partial charge in [-0.1, -0.05) is 41.9 Å². The predicted molar refractivity (Wildman–Crippen MR) is 108 cm³/mol. The number of halogens is 2. The fraction of sp³-hybridized carbons (Fsp3) is 0.556. The van der Waals surface area contributed by atoms with Gasteiger partial charge in [-0.2, -0.15) is 0 Å². The molecule has 2 amide bonds. The second kappa shape index (κ2) is 11.5. The first-order valence-electron chi connectivity index (χ1n) is 8.22. The van der Waals surface area contributed by atoms with Gasteiger partial charge in [-0.3, -0.25) is 9.59 Å². The average molecular weight is 435 g/mol. The number of nitrogens with one attached hydrogen (secondary N) is 1.